The van der Waals surface area contributed by atoms with E-state index in [2.05, 4.69) is 15.6 Å². The molecule has 0 bridgehead atoms. The molecule has 150 valence electrons. The lowest BCUT2D eigenvalue weighted by molar-refractivity contribution is -0.123. The summed E-state index contributed by atoms with van der Waals surface area (Å²) in [6.45, 7) is 1.60. The number of para-hydroxylation sites is 1. The molecule has 1 aromatic heterocycles. The third-order valence-corrected chi connectivity index (χ3v) is 6.00. The second-order valence-corrected chi connectivity index (χ2v) is 8.17. The van der Waals surface area contributed by atoms with Crippen LogP contribution in [-0.2, 0) is 15.3 Å². The monoisotopic (exact) mass is 429 g/mol. The second-order valence-electron chi connectivity index (χ2n) is 5.92. The summed E-state index contributed by atoms with van der Waals surface area (Å²) in [6.07, 6.45) is 0. The molecule has 0 spiro atoms. The maximum Gasteiger partial charge on any atom is 0.338 e. The number of imide groups is 1. The lowest BCUT2D eigenvalue weighted by atomic mass is 10.1. The van der Waals surface area contributed by atoms with Gasteiger partial charge in [0.15, 0.2) is 10.9 Å². The number of aromatic nitrogens is 1. The van der Waals surface area contributed by atoms with Crippen LogP contribution in [0.1, 0.15) is 22.8 Å². The Balaban J connectivity index is 1.48. The molecule has 3 amide bonds. The Labute approximate surface area is 175 Å². The molecule has 0 unspecified atom stereocenters. The number of thioether (sulfide) groups is 1. The number of carbonyl (C=O) groups is 3. The van der Waals surface area contributed by atoms with Gasteiger partial charge < -0.3 is 10.1 Å². The number of amides is 3. The van der Waals surface area contributed by atoms with Crippen LogP contribution >= 0.6 is 23.1 Å². The van der Waals surface area contributed by atoms with Crippen LogP contribution in [0, 0.1) is 0 Å². The number of ether oxygens (including phenoxy) is 1. The van der Waals surface area contributed by atoms with Crippen LogP contribution in [0.3, 0.4) is 0 Å². The quantitative estimate of drug-likeness (QED) is 0.440. The Bertz CT molecular complexity index is 985. The first kappa shape index (κ1) is 20.8. The van der Waals surface area contributed by atoms with E-state index < -0.39 is 24.5 Å². The van der Waals surface area contributed by atoms with Crippen LogP contribution in [-0.4, -0.2) is 36.0 Å². The van der Waals surface area contributed by atoms with Crippen LogP contribution in [0.2, 0.25) is 0 Å². The fraction of sp³-hybridized carbons (Fsp3) is 0.200. The van der Waals surface area contributed by atoms with E-state index in [1.54, 1.807) is 42.2 Å². The predicted octanol–water partition coefficient (Wildman–Crippen LogP) is 3.59. The Morgan fingerprint density at radius 1 is 1.10 bits per heavy atom. The number of rotatable bonds is 7. The molecule has 0 aliphatic rings. The van der Waals surface area contributed by atoms with Crippen LogP contribution in [0.25, 0.3) is 10.2 Å². The van der Waals surface area contributed by atoms with Crippen molar-refractivity contribution in [3.05, 3.63) is 59.7 Å². The molecule has 0 radical (unpaired) electrons. The van der Waals surface area contributed by atoms with Crippen molar-refractivity contribution in [3.63, 3.8) is 0 Å². The van der Waals surface area contributed by atoms with Gasteiger partial charge in [0.25, 0.3) is 5.91 Å². The number of urea groups is 1. The summed E-state index contributed by atoms with van der Waals surface area (Å²) in [5.74, 6) is -0.584. The molecule has 0 atom stereocenters. The average Bonchev–Trinajstić information content (AvgIpc) is 3.14. The van der Waals surface area contributed by atoms with Gasteiger partial charge in [0, 0.05) is 12.3 Å². The third kappa shape index (κ3) is 6.03. The molecule has 0 saturated heterocycles. The molecule has 2 N–H and O–H groups in total. The molecule has 29 heavy (non-hydrogen) atoms. The Morgan fingerprint density at radius 3 is 2.59 bits per heavy atom. The summed E-state index contributed by atoms with van der Waals surface area (Å²) in [7, 11) is 0. The van der Waals surface area contributed by atoms with E-state index in [0.717, 1.165) is 25.9 Å². The van der Waals surface area contributed by atoms with Gasteiger partial charge in [-0.05, 0) is 36.8 Å². The highest BCUT2D eigenvalue weighted by Gasteiger charge is 2.12. The number of hydrogen-bond donors (Lipinski definition) is 2. The van der Waals surface area contributed by atoms with Crippen molar-refractivity contribution in [2.24, 2.45) is 0 Å². The maximum atomic E-state index is 12.0. The van der Waals surface area contributed by atoms with E-state index in [1.807, 2.05) is 36.4 Å². The van der Waals surface area contributed by atoms with Crippen molar-refractivity contribution >= 4 is 51.2 Å². The van der Waals surface area contributed by atoms with E-state index in [0.29, 0.717) is 12.1 Å². The lowest BCUT2D eigenvalue weighted by Crippen LogP contribution is -2.41. The molecule has 0 saturated carbocycles. The summed E-state index contributed by atoms with van der Waals surface area (Å²) >= 11 is 3.29. The van der Waals surface area contributed by atoms with E-state index >= 15 is 0 Å². The van der Waals surface area contributed by atoms with Crippen LogP contribution in [0.4, 0.5) is 4.79 Å². The summed E-state index contributed by atoms with van der Waals surface area (Å²) in [6, 6.07) is 14.4. The van der Waals surface area contributed by atoms with Crippen molar-refractivity contribution in [3.8, 4) is 0 Å². The number of carbonyl (C=O) groups excluding carboxylic acids is 3. The van der Waals surface area contributed by atoms with Gasteiger partial charge in [-0.15, -0.1) is 11.3 Å². The summed E-state index contributed by atoms with van der Waals surface area (Å²) in [5, 5.41) is 4.48. The van der Waals surface area contributed by atoms with Crippen LogP contribution in [0.5, 0.6) is 0 Å². The molecule has 0 aliphatic carbocycles. The molecule has 3 rings (SSSR count). The average molecular weight is 430 g/mol. The third-order valence-electron chi connectivity index (χ3n) is 3.75. The number of thiazole rings is 1. The lowest BCUT2D eigenvalue weighted by Gasteiger charge is -2.06. The van der Waals surface area contributed by atoms with E-state index in [9.17, 15) is 14.4 Å². The van der Waals surface area contributed by atoms with E-state index in [1.165, 1.54) is 0 Å². The van der Waals surface area contributed by atoms with Crippen molar-refractivity contribution in [1.82, 2.24) is 15.6 Å². The van der Waals surface area contributed by atoms with Gasteiger partial charge in [-0.25, -0.2) is 14.6 Å². The van der Waals surface area contributed by atoms with Gasteiger partial charge in [-0.1, -0.05) is 36.0 Å². The number of benzene rings is 2. The summed E-state index contributed by atoms with van der Waals surface area (Å²) in [5.41, 5.74) is 2.37. The smallest absolute Gasteiger partial charge is 0.338 e. The summed E-state index contributed by atoms with van der Waals surface area (Å²) in [4.78, 5) is 39.4. The minimum atomic E-state index is -0.687. The molecule has 9 heteroatoms. The first-order valence-electron chi connectivity index (χ1n) is 8.87. The molecule has 0 fully saturated rings. The molecule has 0 aliphatic heterocycles. The number of nitrogens with one attached hydrogen (secondary N) is 2. The van der Waals surface area contributed by atoms with Crippen molar-refractivity contribution in [2.45, 2.75) is 17.0 Å². The molecular formula is C20H19N3O4S2. The van der Waals surface area contributed by atoms with Crippen molar-refractivity contribution in [2.75, 3.05) is 13.2 Å². The van der Waals surface area contributed by atoms with Gasteiger partial charge in [0.1, 0.15) is 0 Å². The van der Waals surface area contributed by atoms with Gasteiger partial charge in [0.05, 0.1) is 15.8 Å². The molecule has 7 nitrogen and oxygen atoms in total. The topological polar surface area (TPSA) is 97.4 Å². The zero-order valence-electron chi connectivity index (χ0n) is 15.6. The minimum absolute atomic E-state index is 0.338. The van der Waals surface area contributed by atoms with Crippen molar-refractivity contribution in [1.29, 1.82) is 0 Å². The molecule has 3 aromatic rings. The maximum absolute atomic E-state index is 12.0. The van der Waals surface area contributed by atoms with Gasteiger partial charge >= 0.3 is 12.0 Å². The highest BCUT2D eigenvalue weighted by molar-refractivity contribution is 8.00. The van der Waals surface area contributed by atoms with Gasteiger partial charge in [-0.3, -0.25) is 10.1 Å². The molecular weight excluding hydrogens is 410 g/mol. The standard InChI is InChI=1S/C20H19N3O4S2/c1-2-21-19(26)23-17(24)11-27-18(25)14-9-7-13(8-10-14)12-28-20-22-15-5-3-4-6-16(15)29-20/h3-10H,2,11-12H2,1H3,(H2,21,23,24,26). The molecule has 1 heterocycles. The number of nitrogens with zero attached hydrogens (tertiary/aromatic N) is 1. The van der Waals surface area contributed by atoms with Gasteiger partial charge in [-0.2, -0.15) is 0 Å². The number of hydrogen-bond acceptors (Lipinski definition) is 7. The zero-order chi connectivity index (χ0) is 20.6. The SMILES string of the molecule is CCNC(=O)NC(=O)COC(=O)c1ccc(CSc2nc3ccccc3s2)cc1. The number of fused-ring (bicyclic) bond motifs is 1. The van der Waals surface area contributed by atoms with Gasteiger partial charge in [0.2, 0.25) is 0 Å². The Hall–Kier alpha value is -2.91. The molecule has 2 aromatic carbocycles. The van der Waals surface area contributed by atoms with E-state index in [-0.39, 0.29) is 0 Å². The predicted molar refractivity (Wildman–Crippen MR) is 113 cm³/mol. The largest absolute Gasteiger partial charge is 0.452 e. The van der Waals surface area contributed by atoms with Crippen LogP contribution in [0.15, 0.2) is 52.9 Å². The number of esters is 1. The van der Waals surface area contributed by atoms with Crippen molar-refractivity contribution < 1.29 is 19.1 Å². The Kier molecular flexibility index (Phi) is 7.20. The fourth-order valence-corrected chi connectivity index (χ4v) is 4.40. The summed E-state index contributed by atoms with van der Waals surface area (Å²) < 4.78 is 7.08. The van der Waals surface area contributed by atoms with E-state index in [4.69, 9.17) is 4.74 Å². The van der Waals surface area contributed by atoms with Crippen LogP contribution < -0.4 is 10.6 Å². The minimum Gasteiger partial charge on any atom is -0.452 e. The second kappa shape index (κ2) is 10.0. The Morgan fingerprint density at radius 2 is 1.86 bits per heavy atom. The first-order valence-corrected chi connectivity index (χ1v) is 10.7. The normalized spacial score (nSPS) is 10.5. The first-order chi connectivity index (χ1) is 14.0. The highest BCUT2D eigenvalue weighted by atomic mass is 32.2. The highest BCUT2D eigenvalue weighted by Crippen LogP contribution is 2.31. The zero-order valence-corrected chi connectivity index (χ0v) is 17.3. The fourth-order valence-electron chi connectivity index (χ4n) is 2.38.